The van der Waals surface area contributed by atoms with Gasteiger partial charge in [-0.3, -0.25) is 9.78 Å². The van der Waals surface area contributed by atoms with E-state index >= 15 is 0 Å². The van der Waals surface area contributed by atoms with Crippen molar-refractivity contribution in [1.82, 2.24) is 9.97 Å². The van der Waals surface area contributed by atoms with E-state index in [2.05, 4.69) is 14.9 Å². The minimum absolute atomic E-state index is 0.0331. The third-order valence-corrected chi connectivity index (χ3v) is 3.53. The third-order valence-electron chi connectivity index (χ3n) is 3.53. The number of aryl methyl sites for hydroxylation is 2. The van der Waals surface area contributed by atoms with E-state index in [-0.39, 0.29) is 11.9 Å². The van der Waals surface area contributed by atoms with Gasteiger partial charge in [-0.25, -0.2) is 4.98 Å². The average Bonchev–Trinajstić information content (AvgIpc) is 2.41. The molecular formula is C13H19N3O2. The van der Waals surface area contributed by atoms with Crippen molar-refractivity contribution in [2.75, 3.05) is 25.1 Å². The van der Waals surface area contributed by atoms with Gasteiger partial charge in [0.2, 0.25) is 0 Å². The first kappa shape index (κ1) is 12.8. The summed E-state index contributed by atoms with van der Waals surface area (Å²) in [5.41, 5.74) is 1.92. The zero-order chi connectivity index (χ0) is 13.1. The summed E-state index contributed by atoms with van der Waals surface area (Å²) in [6.07, 6.45) is 3.45. The molecule has 1 saturated heterocycles. The monoisotopic (exact) mass is 249 g/mol. The van der Waals surface area contributed by atoms with Gasteiger partial charge in [0.15, 0.2) is 0 Å². The highest BCUT2D eigenvalue weighted by atomic mass is 16.5. The predicted molar refractivity (Wildman–Crippen MR) is 68.5 cm³/mol. The van der Waals surface area contributed by atoms with Gasteiger partial charge in [0.1, 0.15) is 5.82 Å². The Morgan fingerprint density at radius 1 is 1.33 bits per heavy atom. The molecule has 0 N–H and O–H groups in total. The van der Waals surface area contributed by atoms with E-state index in [1.54, 1.807) is 6.20 Å². The van der Waals surface area contributed by atoms with Gasteiger partial charge in [-0.1, -0.05) is 0 Å². The van der Waals surface area contributed by atoms with Gasteiger partial charge >= 0.3 is 5.97 Å². The molecule has 1 aliphatic rings. The second-order valence-corrected chi connectivity index (χ2v) is 4.68. The van der Waals surface area contributed by atoms with Crippen LogP contribution in [0.5, 0.6) is 0 Å². The van der Waals surface area contributed by atoms with E-state index in [1.807, 2.05) is 13.8 Å². The maximum absolute atomic E-state index is 11.4. The molecule has 0 amide bonds. The lowest BCUT2D eigenvalue weighted by molar-refractivity contribution is -0.146. The van der Waals surface area contributed by atoms with E-state index in [0.717, 1.165) is 43.1 Å². The number of nitrogens with zero attached hydrogens (tertiary/aromatic N) is 3. The molecule has 1 fully saturated rings. The summed E-state index contributed by atoms with van der Waals surface area (Å²) in [6.45, 7) is 5.58. The molecule has 5 nitrogen and oxygen atoms in total. The summed E-state index contributed by atoms with van der Waals surface area (Å²) in [7, 11) is 1.45. The smallest absolute Gasteiger partial charge is 0.308 e. The number of methoxy groups -OCH3 is 1. The van der Waals surface area contributed by atoms with Crippen LogP contribution in [0.1, 0.15) is 24.2 Å². The highest BCUT2D eigenvalue weighted by Crippen LogP contribution is 2.22. The van der Waals surface area contributed by atoms with E-state index in [9.17, 15) is 4.79 Å². The van der Waals surface area contributed by atoms with Crippen molar-refractivity contribution in [2.45, 2.75) is 26.7 Å². The highest BCUT2D eigenvalue weighted by Gasteiger charge is 2.26. The maximum Gasteiger partial charge on any atom is 0.308 e. The maximum atomic E-state index is 11.4. The van der Waals surface area contributed by atoms with Crippen molar-refractivity contribution in [2.24, 2.45) is 5.92 Å². The van der Waals surface area contributed by atoms with E-state index in [1.165, 1.54) is 7.11 Å². The largest absolute Gasteiger partial charge is 0.469 e. The van der Waals surface area contributed by atoms with Crippen LogP contribution >= 0.6 is 0 Å². The molecule has 18 heavy (non-hydrogen) atoms. The molecule has 0 unspecified atom stereocenters. The number of hydrogen-bond acceptors (Lipinski definition) is 5. The Balaban J connectivity index is 2.01. The first-order valence-electron chi connectivity index (χ1n) is 6.25. The number of carbonyl (C=O) groups is 1. The van der Waals surface area contributed by atoms with Gasteiger partial charge in [-0.2, -0.15) is 0 Å². The molecule has 2 heterocycles. The zero-order valence-corrected chi connectivity index (χ0v) is 11.1. The number of anilines is 1. The average molecular weight is 249 g/mol. The van der Waals surface area contributed by atoms with Gasteiger partial charge in [-0.05, 0) is 26.7 Å². The number of piperidine rings is 1. The molecule has 0 saturated carbocycles. The summed E-state index contributed by atoms with van der Waals surface area (Å²) in [6, 6.07) is 0. The normalized spacial score (nSPS) is 16.7. The minimum Gasteiger partial charge on any atom is -0.469 e. The fourth-order valence-electron chi connectivity index (χ4n) is 2.19. The SMILES string of the molecule is COC(=O)C1CCN(c2cnc(C)c(C)n2)CC1. The van der Waals surface area contributed by atoms with Crippen molar-refractivity contribution >= 4 is 11.8 Å². The van der Waals surface area contributed by atoms with Crippen LogP contribution in [0, 0.1) is 19.8 Å². The Morgan fingerprint density at radius 3 is 2.56 bits per heavy atom. The van der Waals surface area contributed by atoms with Crippen LogP contribution in [0.15, 0.2) is 6.20 Å². The molecule has 1 aromatic rings. The molecule has 0 radical (unpaired) electrons. The zero-order valence-electron chi connectivity index (χ0n) is 11.1. The quantitative estimate of drug-likeness (QED) is 0.743. The van der Waals surface area contributed by atoms with Crippen molar-refractivity contribution in [1.29, 1.82) is 0 Å². The van der Waals surface area contributed by atoms with Crippen LogP contribution in [-0.4, -0.2) is 36.1 Å². The van der Waals surface area contributed by atoms with Gasteiger partial charge in [0.05, 0.1) is 30.6 Å². The second-order valence-electron chi connectivity index (χ2n) is 4.68. The Hall–Kier alpha value is -1.65. The number of carbonyl (C=O) groups excluding carboxylic acids is 1. The van der Waals surface area contributed by atoms with E-state index in [4.69, 9.17) is 4.74 Å². The summed E-state index contributed by atoms with van der Waals surface area (Å²) in [5, 5.41) is 0. The molecule has 0 aromatic carbocycles. The van der Waals surface area contributed by atoms with Crippen LogP contribution < -0.4 is 4.90 Å². The lowest BCUT2D eigenvalue weighted by Crippen LogP contribution is -2.37. The van der Waals surface area contributed by atoms with Crippen molar-refractivity contribution in [3.05, 3.63) is 17.6 Å². The summed E-state index contributed by atoms with van der Waals surface area (Å²) < 4.78 is 4.78. The van der Waals surface area contributed by atoms with Gasteiger partial charge in [0, 0.05) is 13.1 Å². The number of aromatic nitrogens is 2. The summed E-state index contributed by atoms with van der Waals surface area (Å²) in [5.74, 6) is 0.841. The Morgan fingerprint density at radius 2 is 2.00 bits per heavy atom. The molecule has 0 aliphatic carbocycles. The van der Waals surface area contributed by atoms with Gasteiger partial charge < -0.3 is 9.64 Å². The Kier molecular flexibility index (Phi) is 3.79. The molecule has 5 heteroatoms. The molecule has 2 rings (SSSR count). The van der Waals surface area contributed by atoms with E-state index in [0.29, 0.717) is 0 Å². The van der Waals surface area contributed by atoms with Crippen molar-refractivity contribution in [3.8, 4) is 0 Å². The van der Waals surface area contributed by atoms with Crippen molar-refractivity contribution in [3.63, 3.8) is 0 Å². The molecule has 0 atom stereocenters. The first-order valence-corrected chi connectivity index (χ1v) is 6.25. The first-order chi connectivity index (χ1) is 8.61. The van der Waals surface area contributed by atoms with Crippen LogP contribution in [0.4, 0.5) is 5.82 Å². The Labute approximate surface area is 107 Å². The molecule has 1 aromatic heterocycles. The fourth-order valence-corrected chi connectivity index (χ4v) is 2.19. The molecule has 0 spiro atoms. The van der Waals surface area contributed by atoms with Gasteiger partial charge in [-0.15, -0.1) is 0 Å². The number of ether oxygens (including phenoxy) is 1. The standard InChI is InChI=1S/C13H19N3O2/c1-9-10(2)15-12(8-14-9)16-6-4-11(5-7-16)13(17)18-3/h8,11H,4-7H2,1-3H3. The summed E-state index contributed by atoms with van der Waals surface area (Å²) >= 11 is 0. The van der Waals surface area contributed by atoms with Gasteiger partial charge in [0.25, 0.3) is 0 Å². The highest BCUT2D eigenvalue weighted by molar-refractivity contribution is 5.72. The minimum atomic E-state index is -0.0965. The third kappa shape index (κ3) is 2.60. The number of esters is 1. The van der Waals surface area contributed by atoms with E-state index < -0.39 is 0 Å². The lowest BCUT2D eigenvalue weighted by Gasteiger charge is -2.31. The Bertz CT molecular complexity index is 440. The summed E-state index contributed by atoms with van der Waals surface area (Å²) in [4.78, 5) is 22.5. The molecule has 98 valence electrons. The second kappa shape index (κ2) is 5.33. The number of hydrogen-bond donors (Lipinski definition) is 0. The molecule has 1 aliphatic heterocycles. The topological polar surface area (TPSA) is 55.3 Å². The fraction of sp³-hybridized carbons (Fsp3) is 0.615. The lowest BCUT2D eigenvalue weighted by atomic mass is 9.97. The van der Waals surface area contributed by atoms with Crippen molar-refractivity contribution < 1.29 is 9.53 Å². The predicted octanol–water partition coefficient (Wildman–Crippen LogP) is 1.48. The molecular weight excluding hydrogens is 230 g/mol. The molecule has 0 bridgehead atoms. The van der Waals surface area contributed by atoms with Crippen LogP contribution in [0.2, 0.25) is 0 Å². The number of rotatable bonds is 2. The van der Waals surface area contributed by atoms with Crippen LogP contribution in [0.3, 0.4) is 0 Å². The van der Waals surface area contributed by atoms with Crippen LogP contribution in [0.25, 0.3) is 0 Å². The van der Waals surface area contributed by atoms with Crippen LogP contribution in [-0.2, 0) is 9.53 Å².